The monoisotopic (exact) mass is 229 g/mol. The van der Waals surface area contributed by atoms with Crippen molar-refractivity contribution in [1.29, 1.82) is 0 Å². The molecule has 0 aromatic carbocycles. The van der Waals surface area contributed by atoms with Crippen molar-refractivity contribution in [3.8, 4) is 6.01 Å². The van der Waals surface area contributed by atoms with Crippen molar-refractivity contribution < 1.29 is 9.53 Å². The third-order valence-corrected chi connectivity index (χ3v) is 2.91. The molecule has 1 N–H and O–H groups in total. The van der Waals surface area contributed by atoms with E-state index in [2.05, 4.69) is 14.7 Å². The molecule has 0 fully saturated rings. The third-order valence-electron chi connectivity index (χ3n) is 2.28. The zero-order chi connectivity index (χ0) is 11.3. The number of carbonyl (C=O) groups excluding carboxylic acids is 1. The molecular formula is C9H15N3O2S. The molecule has 0 spiro atoms. The van der Waals surface area contributed by atoms with Gasteiger partial charge in [0.05, 0.1) is 13.2 Å². The van der Waals surface area contributed by atoms with Gasteiger partial charge < -0.3 is 14.8 Å². The smallest absolute Gasteiger partial charge is 0.329 e. The van der Waals surface area contributed by atoms with Crippen LogP contribution in [0.5, 0.6) is 6.01 Å². The van der Waals surface area contributed by atoms with E-state index in [1.165, 1.54) is 18.6 Å². The molecule has 2 atom stereocenters. The highest BCUT2D eigenvalue weighted by Gasteiger charge is 2.16. The van der Waals surface area contributed by atoms with Crippen molar-refractivity contribution >= 4 is 23.0 Å². The SMILES string of the molecule is CC[C@H](C)[C@@H](C=O)Nc1nc(OC)ns1. The van der Waals surface area contributed by atoms with Crippen molar-refractivity contribution in [1.82, 2.24) is 9.36 Å². The van der Waals surface area contributed by atoms with Crippen molar-refractivity contribution in [3.05, 3.63) is 0 Å². The minimum atomic E-state index is -0.215. The van der Waals surface area contributed by atoms with Gasteiger partial charge in [0.25, 0.3) is 0 Å². The van der Waals surface area contributed by atoms with Gasteiger partial charge in [-0.15, -0.1) is 4.37 Å². The number of rotatable bonds is 6. The minimum absolute atomic E-state index is 0.215. The van der Waals surface area contributed by atoms with Crippen LogP contribution in [-0.4, -0.2) is 28.8 Å². The number of carbonyl (C=O) groups is 1. The van der Waals surface area contributed by atoms with Gasteiger partial charge in [-0.1, -0.05) is 20.3 Å². The molecule has 1 heterocycles. The first-order valence-electron chi connectivity index (χ1n) is 4.80. The second-order valence-electron chi connectivity index (χ2n) is 3.28. The van der Waals surface area contributed by atoms with Gasteiger partial charge >= 0.3 is 6.01 Å². The van der Waals surface area contributed by atoms with Gasteiger partial charge in [0, 0.05) is 11.5 Å². The normalized spacial score (nSPS) is 14.3. The average molecular weight is 229 g/mol. The molecule has 0 aliphatic rings. The van der Waals surface area contributed by atoms with Crippen LogP contribution in [0.25, 0.3) is 0 Å². The van der Waals surface area contributed by atoms with Gasteiger partial charge in [-0.05, 0) is 5.92 Å². The summed E-state index contributed by atoms with van der Waals surface area (Å²) in [6.45, 7) is 4.06. The Bertz CT molecular complexity index is 316. The molecule has 1 aromatic rings. The van der Waals surface area contributed by atoms with Crippen LogP contribution < -0.4 is 10.1 Å². The Morgan fingerprint density at radius 3 is 2.87 bits per heavy atom. The first kappa shape index (κ1) is 11.9. The Hall–Kier alpha value is -1.17. The number of nitrogens with zero attached hydrogens (tertiary/aromatic N) is 2. The molecule has 84 valence electrons. The van der Waals surface area contributed by atoms with Crippen LogP contribution in [0.15, 0.2) is 0 Å². The predicted molar refractivity (Wildman–Crippen MR) is 59.4 cm³/mol. The predicted octanol–water partition coefficient (Wildman–Crippen LogP) is 1.57. The molecule has 0 saturated heterocycles. The lowest BCUT2D eigenvalue weighted by atomic mass is 10.0. The number of methoxy groups -OCH3 is 1. The van der Waals surface area contributed by atoms with Gasteiger partial charge in [-0.3, -0.25) is 0 Å². The molecule has 0 unspecified atom stereocenters. The number of nitrogens with one attached hydrogen (secondary N) is 1. The summed E-state index contributed by atoms with van der Waals surface area (Å²) in [7, 11) is 1.51. The topological polar surface area (TPSA) is 64.1 Å². The van der Waals surface area contributed by atoms with E-state index in [0.717, 1.165) is 12.7 Å². The van der Waals surface area contributed by atoms with E-state index in [-0.39, 0.29) is 12.0 Å². The fourth-order valence-electron chi connectivity index (χ4n) is 1.06. The van der Waals surface area contributed by atoms with Crippen molar-refractivity contribution in [3.63, 3.8) is 0 Å². The van der Waals surface area contributed by atoms with Crippen LogP contribution in [-0.2, 0) is 4.79 Å². The molecular weight excluding hydrogens is 214 g/mol. The number of aromatic nitrogens is 2. The number of hydrogen-bond donors (Lipinski definition) is 1. The molecule has 0 aliphatic heterocycles. The van der Waals surface area contributed by atoms with Crippen LogP contribution in [0.1, 0.15) is 20.3 Å². The third kappa shape index (κ3) is 3.16. The molecule has 5 nitrogen and oxygen atoms in total. The Morgan fingerprint density at radius 1 is 1.67 bits per heavy atom. The quantitative estimate of drug-likeness (QED) is 0.750. The van der Waals surface area contributed by atoms with Crippen LogP contribution in [0, 0.1) is 5.92 Å². The van der Waals surface area contributed by atoms with E-state index in [9.17, 15) is 4.79 Å². The minimum Gasteiger partial charge on any atom is -0.466 e. The largest absolute Gasteiger partial charge is 0.466 e. The molecule has 15 heavy (non-hydrogen) atoms. The first-order valence-corrected chi connectivity index (χ1v) is 5.58. The maximum absolute atomic E-state index is 10.8. The van der Waals surface area contributed by atoms with Crippen LogP contribution in [0.4, 0.5) is 5.13 Å². The van der Waals surface area contributed by atoms with Gasteiger partial charge in [0.1, 0.15) is 6.29 Å². The summed E-state index contributed by atoms with van der Waals surface area (Å²) in [5.41, 5.74) is 0. The second-order valence-corrected chi connectivity index (χ2v) is 4.03. The molecule has 1 rings (SSSR count). The summed E-state index contributed by atoms with van der Waals surface area (Å²) < 4.78 is 8.79. The second kappa shape index (κ2) is 5.65. The molecule has 0 aliphatic carbocycles. The van der Waals surface area contributed by atoms with Crippen LogP contribution in [0.2, 0.25) is 0 Å². The van der Waals surface area contributed by atoms with Gasteiger partial charge in [-0.2, -0.15) is 4.98 Å². The average Bonchev–Trinajstić information content (AvgIpc) is 2.72. The Labute approximate surface area is 93.0 Å². The van der Waals surface area contributed by atoms with Gasteiger partial charge in [0.15, 0.2) is 0 Å². The van der Waals surface area contributed by atoms with E-state index in [1.807, 2.05) is 13.8 Å². The maximum atomic E-state index is 10.8. The highest BCUT2D eigenvalue weighted by Crippen LogP contribution is 2.18. The first-order chi connectivity index (χ1) is 7.21. The molecule has 6 heteroatoms. The van der Waals surface area contributed by atoms with E-state index >= 15 is 0 Å². The van der Waals surface area contributed by atoms with Gasteiger partial charge in [-0.25, -0.2) is 0 Å². The Balaban J connectivity index is 2.62. The van der Waals surface area contributed by atoms with Crippen LogP contribution in [0.3, 0.4) is 0 Å². The number of anilines is 1. The summed E-state index contributed by atoms with van der Waals surface area (Å²) in [6, 6.07) is 0.115. The summed E-state index contributed by atoms with van der Waals surface area (Å²) >= 11 is 1.19. The zero-order valence-electron chi connectivity index (χ0n) is 9.06. The lowest BCUT2D eigenvalue weighted by molar-refractivity contribution is -0.109. The maximum Gasteiger partial charge on any atom is 0.329 e. The number of ether oxygens (including phenoxy) is 1. The summed E-state index contributed by atoms with van der Waals surface area (Å²) in [5.74, 6) is 0.275. The highest BCUT2D eigenvalue weighted by atomic mass is 32.1. The molecule has 0 saturated carbocycles. The number of hydrogen-bond acceptors (Lipinski definition) is 6. The van der Waals surface area contributed by atoms with Crippen molar-refractivity contribution in [2.75, 3.05) is 12.4 Å². The summed E-state index contributed by atoms with van der Waals surface area (Å²) in [5, 5.41) is 3.65. The fourth-order valence-corrected chi connectivity index (χ4v) is 1.65. The lowest BCUT2D eigenvalue weighted by Crippen LogP contribution is -2.28. The molecule has 1 aromatic heterocycles. The molecule has 0 bridgehead atoms. The molecule has 0 amide bonds. The Morgan fingerprint density at radius 2 is 2.40 bits per heavy atom. The number of aldehydes is 1. The standard InChI is InChI=1S/C9H15N3O2S/c1-4-6(2)7(5-13)10-9-11-8(14-3)12-15-9/h5-7H,4H2,1-3H3,(H,10,11,12)/t6-,7+/m0/s1. The summed E-state index contributed by atoms with van der Waals surface area (Å²) in [4.78, 5) is 14.9. The fraction of sp³-hybridized carbons (Fsp3) is 0.667. The Kier molecular flexibility index (Phi) is 4.48. The lowest BCUT2D eigenvalue weighted by Gasteiger charge is -2.17. The zero-order valence-corrected chi connectivity index (χ0v) is 9.87. The van der Waals surface area contributed by atoms with Gasteiger partial charge in [0.2, 0.25) is 5.13 Å². The molecule has 0 radical (unpaired) electrons. The van der Waals surface area contributed by atoms with E-state index in [1.54, 1.807) is 0 Å². The van der Waals surface area contributed by atoms with Crippen molar-refractivity contribution in [2.45, 2.75) is 26.3 Å². The van der Waals surface area contributed by atoms with E-state index < -0.39 is 0 Å². The highest BCUT2D eigenvalue weighted by molar-refractivity contribution is 7.09. The van der Waals surface area contributed by atoms with Crippen molar-refractivity contribution in [2.24, 2.45) is 5.92 Å². The summed E-state index contributed by atoms with van der Waals surface area (Å²) in [6.07, 6.45) is 1.84. The van der Waals surface area contributed by atoms with Crippen LogP contribution >= 0.6 is 11.5 Å². The van der Waals surface area contributed by atoms with E-state index in [4.69, 9.17) is 4.74 Å². The van der Waals surface area contributed by atoms with E-state index in [0.29, 0.717) is 11.1 Å².